The second kappa shape index (κ2) is 5.21. The van der Waals surface area contributed by atoms with Gasteiger partial charge in [0.1, 0.15) is 0 Å². The van der Waals surface area contributed by atoms with Gasteiger partial charge >= 0.3 is 0 Å². The molecule has 0 unspecified atom stereocenters. The molecule has 1 aromatic rings. The molecule has 6 nitrogen and oxygen atoms in total. The SMILES string of the molecule is COC1CCN(S(=O)(=O)c2ncccc2N)CC1. The first-order valence-electron chi connectivity index (χ1n) is 5.79. The van der Waals surface area contributed by atoms with Crippen molar-refractivity contribution in [2.45, 2.75) is 24.0 Å². The molecule has 1 saturated heterocycles. The van der Waals surface area contributed by atoms with Crippen LogP contribution in [0.15, 0.2) is 23.4 Å². The molecule has 0 aromatic carbocycles. The number of pyridine rings is 1. The van der Waals surface area contributed by atoms with E-state index in [1.807, 2.05) is 0 Å². The molecule has 0 radical (unpaired) electrons. The molecule has 2 N–H and O–H groups in total. The quantitative estimate of drug-likeness (QED) is 0.863. The third kappa shape index (κ3) is 2.47. The summed E-state index contributed by atoms with van der Waals surface area (Å²) < 4.78 is 31.3. The third-order valence-electron chi connectivity index (χ3n) is 3.12. The molecule has 0 saturated carbocycles. The van der Waals surface area contributed by atoms with Gasteiger partial charge in [-0.3, -0.25) is 0 Å². The number of sulfonamides is 1. The standard InChI is InChI=1S/C11H17N3O3S/c1-17-9-4-7-14(8-5-9)18(15,16)11-10(12)3-2-6-13-11/h2-3,6,9H,4-5,7-8,12H2,1H3. The number of anilines is 1. The third-order valence-corrected chi connectivity index (χ3v) is 4.99. The fourth-order valence-electron chi connectivity index (χ4n) is 2.05. The van der Waals surface area contributed by atoms with E-state index in [0.717, 1.165) is 0 Å². The van der Waals surface area contributed by atoms with E-state index in [1.165, 1.54) is 10.5 Å². The van der Waals surface area contributed by atoms with Crippen LogP contribution in [0.3, 0.4) is 0 Å². The fraction of sp³-hybridized carbons (Fsp3) is 0.545. The highest BCUT2D eigenvalue weighted by molar-refractivity contribution is 7.89. The lowest BCUT2D eigenvalue weighted by atomic mass is 10.1. The Hall–Kier alpha value is -1.18. The predicted octanol–water partition coefficient (Wildman–Crippen LogP) is 0.463. The van der Waals surface area contributed by atoms with Gasteiger partial charge in [-0.05, 0) is 25.0 Å². The van der Waals surface area contributed by atoms with Crippen molar-refractivity contribution in [3.8, 4) is 0 Å². The van der Waals surface area contributed by atoms with Crippen LogP contribution in [-0.4, -0.2) is 44.0 Å². The summed E-state index contributed by atoms with van der Waals surface area (Å²) in [6, 6.07) is 3.16. The van der Waals surface area contributed by atoms with E-state index >= 15 is 0 Å². The molecule has 2 heterocycles. The van der Waals surface area contributed by atoms with Crippen LogP contribution in [0.25, 0.3) is 0 Å². The molecule has 1 aliphatic rings. The Morgan fingerprint density at radius 1 is 1.44 bits per heavy atom. The lowest BCUT2D eigenvalue weighted by Crippen LogP contribution is -2.41. The Bertz CT molecular complexity index is 510. The second-order valence-corrected chi connectivity index (χ2v) is 6.09. The number of rotatable bonds is 3. The number of nitrogen functional groups attached to an aromatic ring is 1. The summed E-state index contributed by atoms with van der Waals surface area (Å²) in [6.07, 6.45) is 2.97. The van der Waals surface area contributed by atoms with Gasteiger partial charge in [0.2, 0.25) is 0 Å². The molecule has 0 amide bonds. The van der Waals surface area contributed by atoms with Gasteiger partial charge < -0.3 is 10.5 Å². The van der Waals surface area contributed by atoms with Crippen LogP contribution in [-0.2, 0) is 14.8 Å². The summed E-state index contributed by atoms with van der Waals surface area (Å²) in [5.74, 6) is 0. The normalized spacial score (nSPS) is 18.9. The van der Waals surface area contributed by atoms with E-state index in [-0.39, 0.29) is 16.8 Å². The van der Waals surface area contributed by atoms with E-state index < -0.39 is 10.0 Å². The van der Waals surface area contributed by atoms with Crippen molar-refractivity contribution in [2.24, 2.45) is 0 Å². The molecule has 100 valence electrons. The first-order chi connectivity index (χ1) is 8.55. The molecule has 1 fully saturated rings. The molecular formula is C11H17N3O3S. The van der Waals surface area contributed by atoms with Crippen LogP contribution in [0.4, 0.5) is 5.69 Å². The Balaban J connectivity index is 2.20. The van der Waals surface area contributed by atoms with Crippen LogP contribution in [0.2, 0.25) is 0 Å². The number of nitrogens with zero attached hydrogens (tertiary/aromatic N) is 2. The lowest BCUT2D eigenvalue weighted by molar-refractivity contribution is 0.0604. The van der Waals surface area contributed by atoms with Crippen molar-refractivity contribution in [2.75, 3.05) is 25.9 Å². The van der Waals surface area contributed by atoms with Crippen molar-refractivity contribution in [3.63, 3.8) is 0 Å². The van der Waals surface area contributed by atoms with Gasteiger partial charge in [-0.25, -0.2) is 13.4 Å². The number of hydrogen-bond acceptors (Lipinski definition) is 5. The van der Waals surface area contributed by atoms with Crippen LogP contribution < -0.4 is 5.73 Å². The maximum atomic E-state index is 12.3. The van der Waals surface area contributed by atoms with Gasteiger partial charge in [0.05, 0.1) is 11.8 Å². The molecule has 0 atom stereocenters. The zero-order valence-corrected chi connectivity index (χ0v) is 11.1. The average Bonchev–Trinajstić information content (AvgIpc) is 2.39. The zero-order valence-electron chi connectivity index (χ0n) is 10.2. The molecule has 0 spiro atoms. The Morgan fingerprint density at radius 3 is 2.67 bits per heavy atom. The Kier molecular flexibility index (Phi) is 3.84. The van der Waals surface area contributed by atoms with Gasteiger partial charge in [0, 0.05) is 26.4 Å². The number of piperidine rings is 1. The first kappa shape index (κ1) is 13.3. The minimum Gasteiger partial charge on any atom is -0.396 e. The largest absolute Gasteiger partial charge is 0.396 e. The van der Waals surface area contributed by atoms with E-state index in [2.05, 4.69) is 4.98 Å². The fourth-order valence-corrected chi connectivity index (χ4v) is 3.55. The topological polar surface area (TPSA) is 85.5 Å². The van der Waals surface area contributed by atoms with E-state index in [0.29, 0.717) is 25.9 Å². The summed E-state index contributed by atoms with van der Waals surface area (Å²) in [6.45, 7) is 0.883. The van der Waals surface area contributed by atoms with E-state index in [4.69, 9.17) is 10.5 Å². The summed E-state index contributed by atoms with van der Waals surface area (Å²) in [5, 5.41) is -0.0548. The lowest BCUT2D eigenvalue weighted by Gasteiger charge is -2.30. The summed E-state index contributed by atoms with van der Waals surface area (Å²) >= 11 is 0. The molecule has 1 aliphatic heterocycles. The van der Waals surface area contributed by atoms with Crippen molar-refractivity contribution in [1.29, 1.82) is 0 Å². The number of hydrogen-bond donors (Lipinski definition) is 1. The molecule has 7 heteroatoms. The van der Waals surface area contributed by atoms with Gasteiger partial charge in [0.15, 0.2) is 5.03 Å². The highest BCUT2D eigenvalue weighted by Gasteiger charge is 2.31. The Labute approximate surface area is 107 Å². The summed E-state index contributed by atoms with van der Waals surface area (Å²) in [4.78, 5) is 3.88. The summed E-state index contributed by atoms with van der Waals surface area (Å²) in [7, 11) is -1.94. The average molecular weight is 271 g/mol. The molecule has 0 bridgehead atoms. The van der Waals surface area contributed by atoms with Crippen molar-refractivity contribution in [3.05, 3.63) is 18.3 Å². The van der Waals surface area contributed by atoms with Crippen LogP contribution in [0, 0.1) is 0 Å². The van der Waals surface area contributed by atoms with Gasteiger partial charge in [-0.15, -0.1) is 0 Å². The van der Waals surface area contributed by atoms with Gasteiger partial charge in [-0.1, -0.05) is 0 Å². The molecular weight excluding hydrogens is 254 g/mol. The van der Waals surface area contributed by atoms with Crippen LogP contribution in [0.5, 0.6) is 0 Å². The van der Waals surface area contributed by atoms with Crippen molar-refractivity contribution >= 4 is 15.7 Å². The smallest absolute Gasteiger partial charge is 0.262 e. The Morgan fingerprint density at radius 2 is 2.11 bits per heavy atom. The molecule has 2 rings (SSSR count). The van der Waals surface area contributed by atoms with Gasteiger partial charge in [0.25, 0.3) is 10.0 Å². The van der Waals surface area contributed by atoms with Crippen LogP contribution >= 0.6 is 0 Å². The number of methoxy groups -OCH3 is 1. The second-order valence-electron chi connectivity index (χ2n) is 4.24. The monoisotopic (exact) mass is 271 g/mol. The predicted molar refractivity (Wildman–Crippen MR) is 67.4 cm³/mol. The van der Waals surface area contributed by atoms with E-state index in [9.17, 15) is 8.42 Å². The minimum absolute atomic E-state index is 0.0548. The number of aromatic nitrogens is 1. The number of ether oxygens (including phenoxy) is 1. The van der Waals surface area contributed by atoms with E-state index in [1.54, 1.807) is 19.2 Å². The first-order valence-corrected chi connectivity index (χ1v) is 7.23. The zero-order chi connectivity index (χ0) is 13.2. The van der Waals surface area contributed by atoms with Crippen LogP contribution in [0.1, 0.15) is 12.8 Å². The highest BCUT2D eigenvalue weighted by Crippen LogP contribution is 2.23. The summed E-state index contributed by atoms with van der Waals surface area (Å²) in [5.41, 5.74) is 5.86. The minimum atomic E-state index is -3.58. The maximum Gasteiger partial charge on any atom is 0.262 e. The molecule has 0 aliphatic carbocycles. The maximum absolute atomic E-state index is 12.3. The molecule has 1 aromatic heterocycles. The molecule has 18 heavy (non-hydrogen) atoms. The number of nitrogens with two attached hydrogens (primary N) is 1. The van der Waals surface area contributed by atoms with Gasteiger partial charge in [-0.2, -0.15) is 4.31 Å². The van der Waals surface area contributed by atoms with Crippen molar-refractivity contribution < 1.29 is 13.2 Å². The highest BCUT2D eigenvalue weighted by atomic mass is 32.2. The van der Waals surface area contributed by atoms with Crippen molar-refractivity contribution in [1.82, 2.24) is 9.29 Å².